The van der Waals surface area contributed by atoms with Gasteiger partial charge in [0.15, 0.2) is 0 Å². The van der Waals surface area contributed by atoms with E-state index in [2.05, 4.69) is 16.8 Å². The highest BCUT2D eigenvalue weighted by Crippen LogP contribution is 2.26. The van der Waals surface area contributed by atoms with Gasteiger partial charge in [-0.3, -0.25) is 0 Å². The van der Waals surface area contributed by atoms with Crippen LogP contribution in [-0.2, 0) is 13.0 Å². The second-order valence-corrected chi connectivity index (χ2v) is 7.72. The van der Waals surface area contributed by atoms with Crippen molar-refractivity contribution in [3.63, 3.8) is 0 Å². The molecule has 2 aromatic carbocycles. The molecule has 0 N–H and O–H groups in total. The van der Waals surface area contributed by atoms with Crippen LogP contribution in [0.5, 0.6) is 5.75 Å². The molecule has 1 fully saturated rings. The third kappa shape index (κ3) is 5.62. The zero-order chi connectivity index (χ0) is 18.4. The molecule has 0 aromatic heterocycles. The normalized spacial score (nSPS) is 16.0. The molecule has 5 heteroatoms. The van der Waals surface area contributed by atoms with Crippen molar-refractivity contribution in [1.82, 2.24) is 9.80 Å². The zero-order valence-corrected chi connectivity index (χ0v) is 16.8. The lowest BCUT2D eigenvalue weighted by Crippen LogP contribution is -2.44. The molecule has 0 unspecified atom stereocenters. The van der Waals surface area contributed by atoms with Crippen LogP contribution >= 0.6 is 23.2 Å². The van der Waals surface area contributed by atoms with Gasteiger partial charge in [0.25, 0.3) is 0 Å². The monoisotopic (exact) mass is 392 g/mol. The van der Waals surface area contributed by atoms with E-state index in [1.165, 1.54) is 5.56 Å². The van der Waals surface area contributed by atoms with Gasteiger partial charge in [-0.2, -0.15) is 0 Å². The first-order chi connectivity index (χ1) is 12.6. The van der Waals surface area contributed by atoms with Crippen molar-refractivity contribution in [2.24, 2.45) is 0 Å². The first-order valence-corrected chi connectivity index (χ1v) is 9.93. The van der Waals surface area contributed by atoms with E-state index in [-0.39, 0.29) is 0 Å². The van der Waals surface area contributed by atoms with E-state index in [0.717, 1.165) is 66.9 Å². The molecular weight excluding hydrogens is 367 g/mol. The molecule has 140 valence electrons. The molecule has 0 amide bonds. The van der Waals surface area contributed by atoms with Crippen LogP contribution in [0.3, 0.4) is 0 Å². The molecule has 0 atom stereocenters. The van der Waals surface area contributed by atoms with Crippen LogP contribution in [0, 0.1) is 0 Å². The third-order valence-corrected chi connectivity index (χ3v) is 5.48. The van der Waals surface area contributed by atoms with Crippen LogP contribution < -0.4 is 4.74 Å². The first kappa shape index (κ1) is 19.5. The number of hydrogen-bond acceptors (Lipinski definition) is 3. The van der Waals surface area contributed by atoms with Gasteiger partial charge in [-0.25, -0.2) is 0 Å². The Hall–Kier alpha value is -1.26. The summed E-state index contributed by atoms with van der Waals surface area (Å²) in [6.07, 6.45) is 2.07. The summed E-state index contributed by atoms with van der Waals surface area (Å²) in [7, 11) is 2.19. The number of nitrogens with zero attached hydrogens (tertiary/aromatic N) is 2. The van der Waals surface area contributed by atoms with Crippen molar-refractivity contribution in [2.45, 2.75) is 19.4 Å². The molecule has 2 aromatic rings. The molecule has 0 radical (unpaired) electrons. The molecule has 0 saturated carbocycles. The number of piperazine rings is 1. The van der Waals surface area contributed by atoms with Crippen molar-refractivity contribution < 1.29 is 4.74 Å². The molecule has 3 nitrogen and oxygen atoms in total. The Bertz CT molecular complexity index is 715. The Morgan fingerprint density at radius 2 is 1.73 bits per heavy atom. The second kappa shape index (κ2) is 9.61. The fourth-order valence-electron chi connectivity index (χ4n) is 3.22. The Balaban J connectivity index is 1.56. The van der Waals surface area contributed by atoms with E-state index in [9.17, 15) is 0 Å². The van der Waals surface area contributed by atoms with Crippen LogP contribution in [0.2, 0.25) is 10.0 Å². The minimum atomic E-state index is 0.465. The summed E-state index contributed by atoms with van der Waals surface area (Å²) in [6.45, 7) is 6.20. The van der Waals surface area contributed by atoms with Crippen molar-refractivity contribution in [1.29, 1.82) is 0 Å². The van der Waals surface area contributed by atoms with Gasteiger partial charge in [-0.15, -0.1) is 0 Å². The lowest BCUT2D eigenvalue weighted by atomic mass is 10.1. The van der Waals surface area contributed by atoms with Gasteiger partial charge in [-0.05, 0) is 56.3 Å². The van der Waals surface area contributed by atoms with Gasteiger partial charge < -0.3 is 14.5 Å². The van der Waals surface area contributed by atoms with Crippen molar-refractivity contribution in [3.05, 3.63) is 63.6 Å². The van der Waals surface area contributed by atoms with Gasteiger partial charge >= 0.3 is 0 Å². The van der Waals surface area contributed by atoms with Gasteiger partial charge in [0.2, 0.25) is 0 Å². The second-order valence-electron chi connectivity index (χ2n) is 6.88. The Labute approximate surface area is 166 Å². The lowest BCUT2D eigenvalue weighted by Gasteiger charge is -2.32. The van der Waals surface area contributed by atoms with Crippen LogP contribution in [0.4, 0.5) is 0 Å². The van der Waals surface area contributed by atoms with Gasteiger partial charge in [0.1, 0.15) is 12.4 Å². The van der Waals surface area contributed by atoms with Crippen molar-refractivity contribution in [3.8, 4) is 5.75 Å². The topological polar surface area (TPSA) is 15.7 Å². The maximum Gasteiger partial charge on any atom is 0.123 e. The van der Waals surface area contributed by atoms with Gasteiger partial charge in [0, 0.05) is 41.8 Å². The van der Waals surface area contributed by atoms with Crippen LogP contribution in [0.15, 0.2) is 42.5 Å². The van der Waals surface area contributed by atoms with E-state index in [1.54, 1.807) is 0 Å². The Kier molecular flexibility index (Phi) is 7.21. The fraction of sp³-hybridized carbons (Fsp3) is 0.429. The predicted molar refractivity (Wildman–Crippen MR) is 109 cm³/mol. The Morgan fingerprint density at radius 1 is 0.962 bits per heavy atom. The fourth-order valence-corrected chi connectivity index (χ4v) is 3.60. The van der Waals surface area contributed by atoms with Crippen LogP contribution in [-0.4, -0.2) is 49.6 Å². The number of aryl methyl sites for hydroxylation is 1. The highest BCUT2D eigenvalue weighted by molar-refractivity contribution is 6.31. The lowest BCUT2D eigenvalue weighted by molar-refractivity contribution is 0.153. The summed E-state index contributed by atoms with van der Waals surface area (Å²) in [5.74, 6) is 0.896. The van der Waals surface area contributed by atoms with E-state index in [1.807, 2.05) is 42.5 Å². The number of rotatable bonds is 7. The van der Waals surface area contributed by atoms with Gasteiger partial charge in [0.05, 0.1) is 0 Å². The van der Waals surface area contributed by atoms with E-state index < -0.39 is 0 Å². The molecule has 1 aliphatic rings. The summed E-state index contributed by atoms with van der Waals surface area (Å²) in [5, 5.41) is 1.49. The molecule has 0 spiro atoms. The van der Waals surface area contributed by atoms with Crippen molar-refractivity contribution in [2.75, 3.05) is 39.8 Å². The standard InChI is InChI=1S/C21H26Cl2N2O/c1-24-11-13-25(14-12-24)10-4-6-17-15-19(22)8-9-21(17)26-16-18-5-2-3-7-20(18)23/h2-3,5,7-9,15H,4,6,10-14,16H2,1H3. The van der Waals surface area contributed by atoms with E-state index >= 15 is 0 Å². The van der Waals surface area contributed by atoms with Crippen LogP contribution in [0.25, 0.3) is 0 Å². The summed E-state index contributed by atoms with van der Waals surface area (Å²) in [4.78, 5) is 4.92. The molecule has 1 saturated heterocycles. The average molecular weight is 393 g/mol. The molecule has 3 rings (SSSR count). The first-order valence-electron chi connectivity index (χ1n) is 9.17. The summed E-state index contributed by atoms with van der Waals surface area (Å²) >= 11 is 12.4. The van der Waals surface area contributed by atoms with E-state index in [0.29, 0.717) is 6.61 Å². The minimum absolute atomic E-state index is 0.465. The van der Waals surface area contributed by atoms with Crippen molar-refractivity contribution >= 4 is 23.2 Å². The van der Waals surface area contributed by atoms with E-state index in [4.69, 9.17) is 27.9 Å². The molecule has 0 aliphatic carbocycles. The number of ether oxygens (including phenoxy) is 1. The highest BCUT2D eigenvalue weighted by atomic mass is 35.5. The summed E-state index contributed by atoms with van der Waals surface area (Å²) < 4.78 is 6.05. The minimum Gasteiger partial charge on any atom is -0.489 e. The molecular formula is C21H26Cl2N2O. The largest absolute Gasteiger partial charge is 0.489 e. The van der Waals surface area contributed by atoms with Gasteiger partial charge in [-0.1, -0.05) is 41.4 Å². The average Bonchev–Trinajstić information content (AvgIpc) is 2.64. The molecule has 26 heavy (non-hydrogen) atoms. The number of likely N-dealkylation sites (N-methyl/N-ethyl adjacent to an activating group) is 1. The smallest absolute Gasteiger partial charge is 0.123 e. The van der Waals surface area contributed by atoms with Crippen LogP contribution in [0.1, 0.15) is 17.5 Å². The zero-order valence-electron chi connectivity index (χ0n) is 15.3. The summed E-state index contributed by atoms with van der Waals surface area (Å²) in [5.41, 5.74) is 2.16. The number of hydrogen-bond donors (Lipinski definition) is 0. The molecule has 1 heterocycles. The molecule has 0 bridgehead atoms. The maximum absolute atomic E-state index is 6.23. The number of benzene rings is 2. The maximum atomic E-state index is 6.23. The quantitative estimate of drug-likeness (QED) is 0.675. The molecule has 1 aliphatic heterocycles. The Morgan fingerprint density at radius 3 is 2.50 bits per heavy atom. The highest BCUT2D eigenvalue weighted by Gasteiger charge is 2.14. The predicted octanol–water partition coefficient (Wildman–Crippen LogP) is 4.75. The number of halogens is 2. The SMILES string of the molecule is CN1CCN(CCCc2cc(Cl)ccc2OCc2ccccc2Cl)CC1. The summed E-state index contributed by atoms with van der Waals surface area (Å²) in [6, 6.07) is 13.6. The third-order valence-electron chi connectivity index (χ3n) is 4.88.